The molecule has 0 saturated heterocycles. The van der Waals surface area contributed by atoms with Crippen molar-refractivity contribution in [2.45, 2.75) is 38.7 Å². The molecule has 1 fully saturated rings. The number of anilines is 1. The quantitative estimate of drug-likeness (QED) is 0.780. The van der Waals surface area contributed by atoms with Gasteiger partial charge in [-0.3, -0.25) is 0 Å². The van der Waals surface area contributed by atoms with Crippen LogP contribution in [0.15, 0.2) is 12.3 Å². The molecule has 0 N–H and O–H groups in total. The molecule has 1 aliphatic carbocycles. The van der Waals surface area contributed by atoms with Gasteiger partial charge >= 0.3 is 0 Å². The average molecular weight is 220 g/mol. The summed E-state index contributed by atoms with van der Waals surface area (Å²) in [5.41, 5.74) is 1.22. The first-order valence-corrected chi connectivity index (χ1v) is 5.92. The number of aromatic nitrogens is 1. The second kappa shape index (κ2) is 4.32. The zero-order chi connectivity index (χ0) is 11.7. The Kier molecular flexibility index (Phi) is 3.03. The summed E-state index contributed by atoms with van der Waals surface area (Å²) in [6.07, 6.45) is 4.66. The van der Waals surface area contributed by atoms with Crippen LogP contribution in [0.5, 0.6) is 5.75 Å². The van der Waals surface area contributed by atoms with Crippen LogP contribution in [0.3, 0.4) is 0 Å². The lowest BCUT2D eigenvalue weighted by Gasteiger charge is -2.21. The lowest BCUT2D eigenvalue weighted by atomic mass is 10.0. The van der Waals surface area contributed by atoms with Crippen molar-refractivity contribution >= 4 is 5.82 Å². The van der Waals surface area contributed by atoms with E-state index in [9.17, 15) is 0 Å². The van der Waals surface area contributed by atoms with Crippen molar-refractivity contribution in [3.05, 3.63) is 17.8 Å². The predicted molar refractivity (Wildman–Crippen MR) is 66.3 cm³/mol. The largest absolute Gasteiger partial charge is 0.490 e. The first-order chi connectivity index (χ1) is 7.59. The van der Waals surface area contributed by atoms with E-state index in [0.29, 0.717) is 12.0 Å². The Bertz CT molecular complexity index is 370. The molecule has 16 heavy (non-hydrogen) atoms. The van der Waals surface area contributed by atoms with Gasteiger partial charge in [0.2, 0.25) is 0 Å². The Morgan fingerprint density at radius 3 is 2.56 bits per heavy atom. The summed E-state index contributed by atoms with van der Waals surface area (Å²) < 4.78 is 5.94. The molecular formula is C13H20N2O. The SMILES string of the molecule is CC(C)c1c(OC2CC2)ccnc1N(C)C. The van der Waals surface area contributed by atoms with Crippen LogP contribution in [0.25, 0.3) is 0 Å². The molecule has 0 spiro atoms. The van der Waals surface area contributed by atoms with E-state index < -0.39 is 0 Å². The molecule has 88 valence electrons. The summed E-state index contributed by atoms with van der Waals surface area (Å²) in [6.45, 7) is 4.37. The third kappa shape index (κ3) is 2.29. The van der Waals surface area contributed by atoms with Gasteiger partial charge in [-0.25, -0.2) is 4.98 Å². The third-order valence-electron chi connectivity index (χ3n) is 2.75. The first kappa shape index (κ1) is 11.2. The van der Waals surface area contributed by atoms with Crippen molar-refractivity contribution in [3.63, 3.8) is 0 Å². The summed E-state index contributed by atoms with van der Waals surface area (Å²) in [5, 5.41) is 0. The predicted octanol–water partition coefficient (Wildman–Crippen LogP) is 2.81. The Hall–Kier alpha value is -1.25. The minimum Gasteiger partial charge on any atom is -0.490 e. The molecule has 2 rings (SSSR count). The summed E-state index contributed by atoms with van der Waals surface area (Å²) >= 11 is 0. The standard InChI is InChI=1S/C13H20N2O/c1-9(2)12-11(16-10-5-6-10)7-8-14-13(12)15(3)4/h7-10H,5-6H2,1-4H3. The fourth-order valence-electron chi connectivity index (χ4n) is 1.81. The van der Waals surface area contributed by atoms with E-state index in [0.717, 1.165) is 11.6 Å². The number of hydrogen-bond donors (Lipinski definition) is 0. The summed E-state index contributed by atoms with van der Waals surface area (Å²) in [6, 6.07) is 1.99. The molecule has 1 aromatic heterocycles. The van der Waals surface area contributed by atoms with E-state index in [1.165, 1.54) is 18.4 Å². The Labute approximate surface area is 97.4 Å². The van der Waals surface area contributed by atoms with E-state index in [-0.39, 0.29) is 0 Å². The minimum atomic E-state index is 0.430. The molecule has 1 saturated carbocycles. The van der Waals surface area contributed by atoms with Crippen LogP contribution in [-0.4, -0.2) is 25.2 Å². The van der Waals surface area contributed by atoms with Gasteiger partial charge in [-0.15, -0.1) is 0 Å². The number of nitrogens with zero attached hydrogens (tertiary/aromatic N) is 2. The van der Waals surface area contributed by atoms with Gasteiger partial charge in [0.25, 0.3) is 0 Å². The van der Waals surface area contributed by atoms with E-state index >= 15 is 0 Å². The molecule has 0 bridgehead atoms. The zero-order valence-electron chi connectivity index (χ0n) is 10.5. The molecule has 1 aliphatic rings. The van der Waals surface area contributed by atoms with E-state index in [2.05, 4.69) is 23.7 Å². The second-order valence-electron chi connectivity index (χ2n) is 4.91. The minimum absolute atomic E-state index is 0.430. The topological polar surface area (TPSA) is 25.4 Å². The Morgan fingerprint density at radius 1 is 1.38 bits per heavy atom. The van der Waals surface area contributed by atoms with E-state index in [1.807, 2.05) is 26.4 Å². The molecule has 3 heteroatoms. The van der Waals surface area contributed by atoms with Crippen molar-refractivity contribution in [1.82, 2.24) is 4.98 Å². The lowest BCUT2D eigenvalue weighted by molar-refractivity contribution is 0.298. The maximum atomic E-state index is 5.94. The third-order valence-corrected chi connectivity index (χ3v) is 2.75. The van der Waals surface area contributed by atoms with E-state index in [1.54, 1.807) is 0 Å². The molecule has 0 unspecified atom stereocenters. The van der Waals surface area contributed by atoms with Crippen LogP contribution in [0, 0.1) is 0 Å². The van der Waals surface area contributed by atoms with Crippen molar-refractivity contribution in [3.8, 4) is 5.75 Å². The van der Waals surface area contributed by atoms with Crippen LogP contribution >= 0.6 is 0 Å². The van der Waals surface area contributed by atoms with Crippen molar-refractivity contribution in [2.75, 3.05) is 19.0 Å². The maximum Gasteiger partial charge on any atom is 0.135 e. The number of hydrogen-bond acceptors (Lipinski definition) is 3. The van der Waals surface area contributed by atoms with Crippen LogP contribution < -0.4 is 9.64 Å². The monoisotopic (exact) mass is 220 g/mol. The van der Waals surface area contributed by atoms with Gasteiger partial charge in [-0.1, -0.05) is 13.8 Å². The van der Waals surface area contributed by atoms with Crippen LogP contribution in [-0.2, 0) is 0 Å². The van der Waals surface area contributed by atoms with Gasteiger partial charge < -0.3 is 9.64 Å². The fourth-order valence-corrected chi connectivity index (χ4v) is 1.81. The highest BCUT2D eigenvalue weighted by Crippen LogP contribution is 2.36. The van der Waals surface area contributed by atoms with Gasteiger partial charge in [0.05, 0.1) is 6.10 Å². The highest BCUT2D eigenvalue weighted by molar-refractivity contribution is 5.54. The summed E-state index contributed by atoms with van der Waals surface area (Å²) in [7, 11) is 4.05. The smallest absolute Gasteiger partial charge is 0.135 e. The summed E-state index contributed by atoms with van der Waals surface area (Å²) in [4.78, 5) is 6.48. The zero-order valence-corrected chi connectivity index (χ0v) is 10.5. The van der Waals surface area contributed by atoms with Crippen LogP contribution in [0.2, 0.25) is 0 Å². The molecule has 0 aliphatic heterocycles. The van der Waals surface area contributed by atoms with Crippen LogP contribution in [0.1, 0.15) is 38.2 Å². The molecular weight excluding hydrogens is 200 g/mol. The molecule has 0 aromatic carbocycles. The van der Waals surface area contributed by atoms with Gasteiger partial charge in [-0.2, -0.15) is 0 Å². The molecule has 1 aromatic rings. The van der Waals surface area contributed by atoms with E-state index in [4.69, 9.17) is 4.74 Å². The first-order valence-electron chi connectivity index (χ1n) is 5.92. The fraction of sp³-hybridized carbons (Fsp3) is 0.615. The van der Waals surface area contributed by atoms with Crippen molar-refractivity contribution < 1.29 is 4.74 Å². The highest BCUT2D eigenvalue weighted by Gasteiger charge is 2.26. The second-order valence-corrected chi connectivity index (χ2v) is 4.91. The number of ether oxygens (including phenoxy) is 1. The number of pyridine rings is 1. The molecule has 3 nitrogen and oxygen atoms in total. The molecule has 0 amide bonds. The van der Waals surface area contributed by atoms with Gasteiger partial charge in [0.15, 0.2) is 0 Å². The van der Waals surface area contributed by atoms with Gasteiger partial charge in [0, 0.05) is 25.9 Å². The molecule has 0 atom stereocenters. The van der Waals surface area contributed by atoms with Crippen molar-refractivity contribution in [2.24, 2.45) is 0 Å². The molecule has 0 radical (unpaired) electrons. The summed E-state index contributed by atoms with van der Waals surface area (Å²) in [5.74, 6) is 2.46. The number of rotatable bonds is 4. The van der Waals surface area contributed by atoms with Crippen molar-refractivity contribution in [1.29, 1.82) is 0 Å². The van der Waals surface area contributed by atoms with Gasteiger partial charge in [0.1, 0.15) is 11.6 Å². The van der Waals surface area contributed by atoms with Crippen LogP contribution in [0.4, 0.5) is 5.82 Å². The van der Waals surface area contributed by atoms with Gasteiger partial charge in [-0.05, 0) is 24.8 Å². The Balaban J connectivity index is 2.37. The lowest BCUT2D eigenvalue weighted by Crippen LogP contribution is -2.15. The molecule has 1 heterocycles. The maximum absolute atomic E-state index is 5.94. The normalized spacial score (nSPS) is 15.3. The Morgan fingerprint density at radius 2 is 2.06 bits per heavy atom. The average Bonchev–Trinajstić information content (AvgIpc) is 3.00. The highest BCUT2D eigenvalue weighted by atomic mass is 16.5.